The first kappa shape index (κ1) is 13.8. The molecule has 2 atom stereocenters. The molecule has 0 bridgehead atoms. The minimum atomic E-state index is 0.213. The molecule has 110 valence electrons. The highest BCUT2D eigenvalue weighted by molar-refractivity contribution is 4.95. The summed E-state index contributed by atoms with van der Waals surface area (Å²) >= 11 is 0. The van der Waals surface area contributed by atoms with E-state index in [9.17, 15) is 0 Å². The van der Waals surface area contributed by atoms with Crippen molar-refractivity contribution in [1.29, 1.82) is 0 Å². The van der Waals surface area contributed by atoms with Gasteiger partial charge in [0.2, 0.25) is 0 Å². The summed E-state index contributed by atoms with van der Waals surface area (Å²) in [6.07, 6.45) is 9.10. The third-order valence-corrected chi connectivity index (χ3v) is 5.37. The molecule has 3 N–H and O–H groups in total. The van der Waals surface area contributed by atoms with Gasteiger partial charge in [0, 0.05) is 44.9 Å². The zero-order valence-electron chi connectivity index (χ0n) is 12.1. The summed E-state index contributed by atoms with van der Waals surface area (Å²) in [6, 6.07) is 1.22. The van der Waals surface area contributed by atoms with E-state index < -0.39 is 0 Å². The second kappa shape index (κ2) is 6.08. The fraction of sp³-hybridized carbons (Fsp3) is 1.00. The molecule has 2 saturated heterocycles. The fourth-order valence-corrected chi connectivity index (χ4v) is 4.31. The van der Waals surface area contributed by atoms with Gasteiger partial charge in [-0.3, -0.25) is 4.90 Å². The Morgan fingerprint density at radius 3 is 2.89 bits per heavy atom. The molecule has 3 fully saturated rings. The average Bonchev–Trinajstić information content (AvgIpc) is 2.48. The van der Waals surface area contributed by atoms with E-state index in [2.05, 4.69) is 10.2 Å². The predicted molar refractivity (Wildman–Crippen MR) is 77.2 cm³/mol. The average molecular weight is 267 g/mol. The Bertz CT molecular complexity index is 286. The molecule has 0 aromatic rings. The summed E-state index contributed by atoms with van der Waals surface area (Å²) in [5.41, 5.74) is 6.17. The molecule has 1 spiro atoms. The first-order chi connectivity index (χ1) is 9.33. The summed E-state index contributed by atoms with van der Waals surface area (Å²) < 4.78 is 6.22. The highest BCUT2D eigenvalue weighted by Gasteiger charge is 2.41. The monoisotopic (exact) mass is 267 g/mol. The molecule has 0 radical (unpaired) electrons. The molecule has 1 saturated carbocycles. The van der Waals surface area contributed by atoms with Crippen molar-refractivity contribution in [2.75, 3.05) is 32.8 Å². The van der Waals surface area contributed by atoms with Gasteiger partial charge in [-0.05, 0) is 25.7 Å². The zero-order chi connectivity index (χ0) is 13.1. The molecule has 0 aromatic carbocycles. The summed E-state index contributed by atoms with van der Waals surface area (Å²) in [5.74, 6) is 0. The van der Waals surface area contributed by atoms with Crippen molar-refractivity contribution < 1.29 is 4.74 Å². The zero-order valence-corrected chi connectivity index (χ0v) is 12.1. The van der Waals surface area contributed by atoms with E-state index in [1.165, 1.54) is 44.9 Å². The van der Waals surface area contributed by atoms with Crippen LogP contribution in [0.4, 0.5) is 0 Å². The summed E-state index contributed by atoms with van der Waals surface area (Å²) in [5, 5.41) is 3.47. The topological polar surface area (TPSA) is 50.5 Å². The number of nitrogens with one attached hydrogen (secondary N) is 1. The molecule has 3 aliphatic rings. The number of piperazine rings is 1. The molecule has 2 unspecified atom stereocenters. The molecular formula is C15H29N3O. The van der Waals surface area contributed by atoms with Crippen LogP contribution in [0.25, 0.3) is 0 Å². The van der Waals surface area contributed by atoms with Gasteiger partial charge < -0.3 is 15.8 Å². The van der Waals surface area contributed by atoms with Crippen molar-refractivity contribution in [1.82, 2.24) is 10.2 Å². The van der Waals surface area contributed by atoms with Crippen LogP contribution >= 0.6 is 0 Å². The van der Waals surface area contributed by atoms with E-state index in [4.69, 9.17) is 10.5 Å². The van der Waals surface area contributed by atoms with Crippen LogP contribution in [0.3, 0.4) is 0 Å². The van der Waals surface area contributed by atoms with Gasteiger partial charge in [-0.25, -0.2) is 0 Å². The summed E-state index contributed by atoms with van der Waals surface area (Å²) in [6.45, 7) is 5.05. The Morgan fingerprint density at radius 1 is 1.26 bits per heavy atom. The molecule has 0 aromatic heterocycles. The van der Waals surface area contributed by atoms with Crippen LogP contribution in [0.15, 0.2) is 0 Å². The lowest BCUT2D eigenvalue weighted by Gasteiger charge is -2.49. The highest BCUT2D eigenvalue weighted by atomic mass is 16.5. The molecule has 3 rings (SSSR count). The first-order valence-electron chi connectivity index (χ1n) is 8.13. The largest absolute Gasteiger partial charge is 0.375 e. The van der Waals surface area contributed by atoms with Crippen molar-refractivity contribution in [3.8, 4) is 0 Å². The van der Waals surface area contributed by atoms with Crippen molar-refractivity contribution in [2.45, 2.75) is 62.6 Å². The van der Waals surface area contributed by atoms with E-state index in [1.807, 2.05) is 0 Å². The quantitative estimate of drug-likeness (QED) is 0.787. The minimum absolute atomic E-state index is 0.213. The minimum Gasteiger partial charge on any atom is -0.375 e. The van der Waals surface area contributed by atoms with Gasteiger partial charge in [0.25, 0.3) is 0 Å². The summed E-state index contributed by atoms with van der Waals surface area (Å²) in [4.78, 5) is 2.68. The van der Waals surface area contributed by atoms with E-state index in [0.29, 0.717) is 12.1 Å². The van der Waals surface area contributed by atoms with Crippen LogP contribution in [0, 0.1) is 0 Å². The maximum absolute atomic E-state index is 6.22. The number of rotatable bonds is 2. The fourth-order valence-electron chi connectivity index (χ4n) is 4.31. The van der Waals surface area contributed by atoms with Crippen LogP contribution in [-0.4, -0.2) is 55.4 Å². The molecular weight excluding hydrogens is 238 g/mol. The third-order valence-electron chi connectivity index (χ3n) is 5.37. The predicted octanol–water partition coefficient (Wildman–Crippen LogP) is 1.10. The van der Waals surface area contributed by atoms with Crippen molar-refractivity contribution in [3.05, 3.63) is 0 Å². The molecule has 4 heteroatoms. The molecule has 4 nitrogen and oxygen atoms in total. The van der Waals surface area contributed by atoms with E-state index >= 15 is 0 Å². The molecule has 19 heavy (non-hydrogen) atoms. The van der Waals surface area contributed by atoms with Crippen LogP contribution in [0.5, 0.6) is 0 Å². The smallest absolute Gasteiger partial charge is 0.0697 e. The Hall–Kier alpha value is -0.160. The molecule has 2 heterocycles. The molecule has 0 amide bonds. The van der Waals surface area contributed by atoms with Gasteiger partial charge in [-0.1, -0.05) is 19.3 Å². The normalized spacial score (nSPS) is 36.5. The maximum Gasteiger partial charge on any atom is 0.0697 e. The van der Waals surface area contributed by atoms with E-state index in [-0.39, 0.29) is 5.60 Å². The van der Waals surface area contributed by atoms with Gasteiger partial charge in [0.1, 0.15) is 0 Å². The van der Waals surface area contributed by atoms with Gasteiger partial charge in [0.15, 0.2) is 0 Å². The SMILES string of the molecule is NCC1CNCCN1C1CCOC2(CCCCC2)C1. The standard InChI is InChI=1S/C15H29N3O/c16-11-14-12-17-7-8-18(14)13-4-9-19-15(10-13)5-2-1-3-6-15/h13-14,17H,1-12,16H2. The lowest BCUT2D eigenvalue weighted by molar-refractivity contribution is -0.129. The Labute approximate surface area is 117 Å². The van der Waals surface area contributed by atoms with Crippen LogP contribution < -0.4 is 11.1 Å². The van der Waals surface area contributed by atoms with Crippen molar-refractivity contribution in [3.63, 3.8) is 0 Å². The summed E-state index contributed by atoms with van der Waals surface area (Å²) in [7, 11) is 0. The van der Waals surface area contributed by atoms with E-state index in [0.717, 1.165) is 32.8 Å². The molecule has 1 aliphatic carbocycles. The van der Waals surface area contributed by atoms with Gasteiger partial charge in [-0.2, -0.15) is 0 Å². The number of hydrogen-bond donors (Lipinski definition) is 2. The number of ether oxygens (including phenoxy) is 1. The van der Waals surface area contributed by atoms with Crippen LogP contribution in [-0.2, 0) is 4.74 Å². The Morgan fingerprint density at radius 2 is 2.11 bits per heavy atom. The third kappa shape index (κ3) is 2.97. The number of hydrogen-bond acceptors (Lipinski definition) is 4. The van der Waals surface area contributed by atoms with Crippen molar-refractivity contribution >= 4 is 0 Å². The van der Waals surface area contributed by atoms with Gasteiger partial charge in [0.05, 0.1) is 5.60 Å². The lowest BCUT2D eigenvalue weighted by Crippen LogP contribution is -2.60. The second-order valence-corrected chi connectivity index (χ2v) is 6.57. The van der Waals surface area contributed by atoms with E-state index in [1.54, 1.807) is 0 Å². The molecule has 2 aliphatic heterocycles. The lowest BCUT2D eigenvalue weighted by atomic mass is 9.77. The van der Waals surface area contributed by atoms with Gasteiger partial charge >= 0.3 is 0 Å². The second-order valence-electron chi connectivity index (χ2n) is 6.57. The Kier molecular flexibility index (Phi) is 4.42. The Balaban J connectivity index is 1.66. The van der Waals surface area contributed by atoms with Crippen LogP contribution in [0.1, 0.15) is 44.9 Å². The van der Waals surface area contributed by atoms with Crippen molar-refractivity contribution in [2.24, 2.45) is 5.73 Å². The van der Waals surface area contributed by atoms with Gasteiger partial charge in [-0.15, -0.1) is 0 Å². The number of nitrogens with zero attached hydrogens (tertiary/aromatic N) is 1. The maximum atomic E-state index is 6.22. The first-order valence-corrected chi connectivity index (χ1v) is 8.13. The van der Waals surface area contributed by atoms with Crippen LogP contribution in [0.2, 0.25) is 0 Å². The number of nitrogens with two attached hydrogens (primary N) is 1. The highest BCUT2D eigenvalue weighted by Crippen LogP contribution is 2.40.